The van der Waals surface area contributed by atoms with Crippen molar-refractivity contribution in [2.75, 3.05) is 6.61 Å². The van der Waals surface area contributed by atoms with Gasteiger partial charge in [0.2, 0.25) is 0 Å². The SMILES string of the molecule is CC(C)N=c1ccccn1C(=O)c1ccc(=O)n(CCOc2ccccc2)n1. The van der Waals surface area contributed by atoms with Gasteiger partial charge >= 0.3 is 0 Å². The van der Waals surface area contributed by atoms with Crippen LogP contribution < -0.4 is 15.8 Å². The summed E-state index contributed by atoms with van der Waals surface area (Å²) in [5.41, 5.74) is 0.406. The van der Waals surface area contributed by atoms with E-state index in [0.29, 0.717) is 11.2 Å². The maximum Gasteiger partial charge on any atom is 0.283 e. The molecule has 3 aromatic rings. The molecule has 7 nitrogen and oxygen atoms in total. The number of benzene rings is 1. The maximum atomic E-state index is 12.9. The van der Waals surface area contributed by atoms with Crippen molar-refractivity contribution in [3.8, 4) is 5.75 Å². The third kappa shape index (κ3) is 4.82. The van der Waals surface area contributed by atoms with Crippen LogP contribution in [0.4, 0.5) is 0 Å². The van der Waals surface area contributed by atoms with Crippen LogP contribution in [0.25, 0.3) is 0 Å². The summed E-state index contributed by atoms with van der Waals surface area (Å²) in [5.74, 6) is 0.361. The summed E-state index contributed by atoms with van der Waals surface area (Å²) in [4.78, 5) is 29.4. The molecule has 2 heterocycles. The highest BCUT2D eigenvalue weighted by Crippen LogP contribution is 2.07. The number of nitrogens with zero attached hydrogens (tertiary/aromatic N) is 4. The lowest BCUT2D eigenvalue weighted by Crippen LogP contribution is -2.32. The minimum absolute atomic E-state index is 0.0403. The van der Waals surface area contributed by atoms with E-state index in [4.69, 9.17) is 4.74 Å². The quantitative estimate of drug-likeness (QED) is 0.658. The average Bonchev–Trinajstić information content (AvgIpc) is 2.70. The van der Waals surface area contributed by atoms with Gasteiger partial charge in [-0.1, -0.05) is 24.3 Å². The van der Waals surface area contributed by atoms with Crippen LogP contribution in [0.1, 0.15) is 24.3 Å². The van der Waals surface area contributed by atoms with E-state index in [1.54, 1.807) is 18.3 Å². The minimum atomic E-state index is -0.349. The van der Waals surface area contributed by atoms with Gasteiger partial charge in [-0.3, -0.25) is 19.1 Å². The molecule has 1 aromatic carbocycles. The Bertz CT molecular complexity index is 1070. The fraction of sp³-hybridized carbons (Fsp3) is 0.238. The Balaban J connectivity index is 1.81. The fourth-order valence-electron chi connectivity index (χ4n) is 2.59. The highest BCUT2D eigenvalue weighted by Gasteiger charge is 2.12. The van der Waals surface area contributed by atoms with E-state index >= 15 is 0 Å². The first-order valence-corrected chi connectivity index (χ1v) is 9.07. The van der Waals surface area contributed by atoms with E-state index in [1.807, 2.05) is 50.2 Å². The topological polar surface area (TPSA) is 78.5 Å². The lowest BCUT2D eigenvalue weighted by molar-refractivity contribution is 0.0946. The highest BCUT2D eigenvalue weighted by atomic mass is 16.5. The van der Waals surface area contributed by atoms with Gasteiger partial charge in [0.15, 0.2) is 0 Å². The molecular formula is C21H22N4O3. The first kappa shape index (κ1) is 19.3. The second-order valence-corrected chi connectivity index (χ2v) is 6.40. The molecule has 0 atom stereocenters. The average molecular weight is 378 g/mol. The number of carbonyl (C=O) groups is 1. The van der Waals surface area contributed by atoms with Crippen LogP contribution in [0, 0.1) is 0 Å². The molecule has 0 N–H and O–H groups in total. The van der Waals surface area contributed by atoms with Crippen molar-refractivity contribution in [3.05, 3.63) is 88.4 Å². The third-order valence-electron chi connectivity index (χ3n) is 3.85. The van der Waals surface area contributed by atoms with E-state index in [9.17, 15) is 9.59 Å². The zero-order chi connectivity index (χ0) is 19.9. The Morgan fingerprint density at radius 3 is 2.57 bits per heavy atom. The lowest BCUT2D eigenvalue weighted by Gasteiger charge is -2.10. The zero-order valence-corrected chi connectivity index (χ0v) is 15.9. The summed E-state index contributed by atoms with van der Waals surface area (Å²) >= 11 is 0. The maximum absolute atomic E-state index is 12.9. The second-order valence-electron chi connectivity index (χ2n) is 6.40. The molecule has 2 aromatic heterocycles. The molecular weight excluding hydrogens is 356 g/mol. The van der Waals surface area contributed by atoms with Gasteiger partial charge in [0.05, 0.1) is 6.54 Å². The van der Waals surface area contributed by atoms with Crippen LogP contribution in [0.15, 0.2) is 76.6 Å². The number of rotatable bonds is 6. The third-order valence-corrected chi connectivity index (χ3v) is 3.85. The molecule has 0 aliphatic carbocycles. The minimum Gasteiger partial charge on any atom is -0.492 e. The zero-order valence-electron chi connectivity index (χ0n) is 15.9. The molecule has 7 heteroatoms. The smallest absolute Gasteiger partial charge is 0.283 e. The number of para-hydroxylation sites is 1. The van der Waals surface area contributed by atoms with E-state index in [0.717, 1.165) is 0 Å². The molecule has 0 aliphatic heterocycles. The number of ether oxygens (including phenoxy) is 1. The Morgan fingerprint density at radius 2 is 1.82 bits per heavy atom. The molecule has 0 fully saturated rings. The molecule has 28 heavy (non-hydrogen) atoms. The highest BCUT2D eigenvalue weighted by molar-refractivity contribution is 5.93. The van der Waals surface area contributed by atoms with E-state index in [1.165, 1.54) is 21.4 Å². The predicted octanol–water partition coefficient (Wildman–Crippen LogP) is 2.12. The first-order chi connectivity index (χ1) is 13.5. The summed E-state index contributed by atoms with van der Waals surface area (Å²) in [6.45, 7) is 4.37. The van der Waals surface area contributed by atoms with Crippen molar-refractivity contribution in [1.82, 2.24) is 14.3 Å². The molecule has 144 valence electrons. The molecule has 0 saturated heterocycles. The molecule has 0 bridgehead atoms. The van der Waals surface area contributed by atoms with Crippen molar-refractivity contribution in [2.45, 2.75) is 26.4 Å². The van der Waals surface area contributed by atoms with Gasteiger partial charge in [-0.25, -0.2) is 4.68 Å². The van der Waals surface area contributed by atoms with Crippen LogP contribution >= 0.6 is 0 Å². The fourth-order valence-corrected chi connectivity index (χ4v) is 2.59. The summed E-state index contributed by atoms with van der Waals surface area (Å²) in [6, 6.07) is 17.5. The summed E-state index contributed by atoms with van der Waals surface area (Å²) in [6.07, 6.45) is 1.64. The van der Waals surface area contributed by atoms with Gasteiger partial charge in [-0.05, 0) is 44.2 Å². The van der Waals surface area contributed by atoms with Gasteiger partial charge in [0.1, 0.15) is 23.5 Å². The van der Waals surface area contributed by atoms with Crippen molar-refractivity contribution in [3.63, 3.8) is 0 Å². The number of hydrogen-bond acceptors (Lipinski definition) is 5. The van der Waals surface area contributed by atoms with Crippen molar-refractivity contribution in [1.29, 1.82) is 0 Å². The van der Waals surface area contributed by atoms with Crippen LogP contribution in [0.3, 0.4) is 0 Å². The van der Waals surface area contributed by atoms with Crippen LogP contribution in [-0.2, 0) is 6.54 Å². The normalized spacial score (nSPS) is 11.6. The number of pyridine rings is 1. The number of aromatic nitrogens is 3. The Labute approximate surface area is 162 Å². The van der Waals surface area contributed by atoms with Crippen LogP contribution in [0.2, 0.25) is 0 Å². The van der Waals surface area contributed by atoms with Gasteiger partial charge in [-0.2, -0.15) is 5.10 Å². The Hall–Kier alpha value is -3.48. The van der Waals surface area contributed by atoms with Gasteiger partial charge in [-0.15, -0.1) is 0 Å². The van der Waals surface area contributed by atoms with Gasteiger partial charge in [0.25, 0.3) is 11.5 Å². The van der Waals surface area contributed by atoms with E-state index < -0.39 is 0 Å². The Kier molecular flexibility index (Phi) is 6.16. The van der Waals surface area contributed by atoms with Crippen molar-refractivity contribution < 1.29 is 9.53 Å². The first-order valence-electron chi connectivity index (χ1n) is 9.07. The van der Waals surface area contributed by atoms with E-state index in [-0.39, 0.29) is 36.4 Å². The van der Waals surface area contributed by atoms with Crippen molar-refractivity contribution >= 4 is 5.91 Å². The molecule has 0 aliphatic rings. The molecule has 0 amide bonds. The second kappa shape index (κ2) is 8.94. The lowest BCUT2D eigenvalue weighted by atomic mass is 10.3. The summed E-state index contributed by atoms with van der Waals surface area (Å²) in [5, 5.41) is 4.21. The van der Waals surface area contributed by atoms with Gasteiger partial charge in [0, 0.05) is 18.3 Å². The summed E-state index contributed by atoms with van der Waals surface area (Å²) in [7, 11) is 0. The predicted molar refractivity (Wildman–Crippen MR) is 105 cm³/mol. The van der Waals surface area contributed by atoms with Crippen LogP contribution in [-0.4, -0.2) is 32.9 Å². The summed E-state index contributed by atoms with van der Waals surface area (Å²) < 4.78 is 8.27. The van der Waals surface area contributed by atoms with E-state index in [2.05, 4.69) is 10.1 Å². The van der Waals surface area contributed by atoms with Crippen molar-refractivity contribution in [2.24, 2.45) is 4.99 Å². The molecule has 0 saturated carbocycles. The standard InChI is InChI=1S/C21H22N4O3/c1-16(2)22-19-10-6-7-13-24(19)21(27)18-11-12-20(26)25(23-18)14-15-28-17-8-4-3-5-9-17/h3-13,16H,14-15H2,1-2H3. The van der Waals surface area contributed by atoms with Crippen LogP contribution in [0.5, 0.6) is 5.75 Å². The van der Waals surface area contributed by atoms with Gasteiger partial charge < -0.3 is 4.74 Å². The molecule has 3 rings (SSSR count). The Morgan fingerprint density at radius 1 is 1.07 bits per heavy atom. The number of hydrogen-bond donors (Lipinski definition) is 0. The molecule has 0 unspecified atom stereocenters. The number of carbonyl (C=O) groups excluding carboxylic acids is 1. The monoisotopic (exact) mass is 378 g/mol. The largest absolute Gasteiger partial charge is 0.492 e. The molecule has 0 radical (unpaired) electrons. The molecule has 0 spiro atoms.